The van der Waals surface area contributed by atoms with E-state index in [0.29, 0.717) is 16.1 Å². The van der Waals surface area contributed by atoms with Gasteiger partial charge in [-0.3, -0.25) is 0 Å². The van der Waals surface area contributed by atoms with Crippen LogP contribution >= 0.6 is 11.6 Å². The Morgan fingerprint density at radius 3 is 2.33 bits per heavy atom. The summed E-state index contributed by atoms with van der Waals surface area (Å²) in [4.78, 5) is 4.03. The predicted octanol–water partition coefficient (Wildman–Crippen LogP) is 4.47. The van der Waals surface area contributed by atoms with Gasteiger partial charge in [0, 0.05) is 22.6 Å². The quantitative estimate of drug-likeness (QED) is 0.620. The lowest BCUT2D eigenvalue weighted by atomic mass is 10.0. The largest absolute Gasteiger partial charge is 0.324 e. The molecule has 0 saturated heterocycles. The van der Waals surface area contributed by atoms with E-state index in [-0.39, 0.29) is 35.1 Å². The van der Waals surface area contributed by atoms with Crippen molar-refractivity contribution in [3.05, 3.63) is 94.0 Å². The van der Waals surface area contributed by atoms with E-state index in [1.807, 2.05) is 0 Å². The van der Waals surface area contributed by atoms with Crippen LogP contribution in [0.1, 0.15) is 16.7 Å². The molecule has 1 aliphatic heterocycles. The van der Waals surface area contributed by atoms with E-state index in [2.05, 4.69) is 15.0 Å². The van der Waals surface area contributed by atoms with E-state index < -0.39 is 21.7 Å². The number of rotatable bonds is 4. The maximum absolute atomic E-state index is 14.7. The number of fused-ring (bicyclic) bond motifs is 1. The van der Waals surface area contributed by atoms with Gasteiger partial charge in [-0.15, -0.1) is 0 Å². The van der Waals surface area contributed by atoms with Crippen molar-refractivity contribution in [2.45, 2.75) is 17.9 Å². The molecule has 30 heavy (non-hydrogen) atoms. The van der Waals surface area contributed by atoms with Gasteiger partial charge in [0.1, 0.15) is 16.5 Å². The Bertz CT molecular complexity index is 1260. The zero-order valence-electron chi connectivity index (χ0n) is 15.5. The number of nitrogens with one attached hydrogen (secondary N) is 2. The summed E-state index contributed by atoms with van der Waals surface area (Å²) in [5, 5.41) is 3.29. The van der Waals surface area contributed by atoms with Gasteiger partial charge in [-0.25, -0.2) is 26.9 Å². The second-order valence-electron chi connectivity index (χ2n) is 6.65. The molecule has 3 aromatic rings. The molecule has 1 aliphatic rings. The molecule has 1 heterocycles. The van der Waals surface area contributed by atoms with Crippen molar-refractivity contribution < 1.29 is 17.2 Å². The van der Waals surface area contributed by atoms with Crippen LogP contribution in [0.2, 0.25) is 5.02 Å². The summed E-state index contributed by atoms with van der Waals surface area (Å²) in [6.45, 7) is -0.0952. The topological polar surface area (TPSA) is 70.6 Å². The molecule has 0 aromatic heterocycles. The van der Waals surface area contributed by atoms with Crippen LogP contribution in [0.25, 0.3) is 0 Å². The molecule has 0 spiro atoms. The van der Waals surface area contributed by atoms with Crippen LogP contribution in [-0.4, -0.2) is 14.4 Å². The van der Waals surface area contributed by atoms with Crippen LogP contribution in [0.5, 0.6) is 0 Å². The highest BCUT2D eigenvalue weighted by Gasteiger charge is 2.30. The minimum Gasteiger partial charge on any atom is -0.324 e. The summed E-state index contributed by atoms with van der Waals surface area (Å²) in [5.41, 5.74) is 1.17. The number of sulfonamides is 1. The SMILES string of the molecule is O=S1(=O)NC(=NCc2ccccc2F)Nc2c1ccc(F)c2Cc1ccccc1Cl. The Morgan fingerprint density at radius 2 is 1.60 bits per heavy atom. The maximum Gasteiger partial charge on any atom is 0.266 e. The molecule has 2 N–H and O–H groups in total. The summed E-state index contributed by atoms with van der Waals surface area (Å²) >= 11 is 6.19. The zero-order valence-corrected chi connectivity index (χ0v) is 17.1. The van der Waals surface area contributed by atoms with E-state index in [4.69, 9.17) is 11.6 Å². The van der Waals surface area contributed by atoms with Crippen molar-refractivity contribution in [2.75, 3.05) is 5.32 Å². The Morgan fingerprint density at radius 1 is 0.900 bits per heavy atom. The first-order valence-corrected chi connectivity index (χ1v) is 10.8. The van der Waals surface area contributed by atoms with Crippen LogP contribution in [0, 0.1) is 11.6 Å². The Balaban J connectivity index is 1.74. The molecule has 9 heteroatoms. The summed E-state index contributed by atoms with van der Waals surface area (Å²) in [7, 11) is -3.98. The van der Waals surface area contributed by atoms with E-state index >= 15 is 0 Å². The first-order valence-electron chi connectivity index (χ1n) is 8.97. The Kier molecular flexibility index (Phi) is 5.44. The van der Waals surface area contributed by atoms with E-state index in [0.717, 1.165) is 6.07 Å². The van der Waals surface area contributed by atoms with Crippen LogP contribution < -0.4 is 10.0 Å². The molecule has 154 valence electrons. The molecular formula is C21H16ClF2N3O2S. The number of hydrogen-bond acceptors (Lipinski definition) is 3. The minimum atomic E-state index is -3.98. The molecule has 0 aliphatic carbocycles. The summed E-state index contributed by atoms with van der Waals surface area (Å²) in [6.07, 6.45) is 0.0811. The van der Waals surface area contributed by atoms with E-state index in [9.17, 15) is 17.2 Å². The lowest BCUT2D eigenvalue weighted by Crippen LogP contribution is -2.41. The van der Waals surface area contributed by atoms with Gasteiger partial charge in [0.2, 0.25) is 5.96 Å². The molecule has 4 rings (SSSR count). The molecule has 0 unspecified atom stereocenters. The van der Waals surface area contributed by atoms with Crippen molar-refractivity contribution in [1.29, 1.82) is 0 Å². The number of anilines is 1. The standard InChI is InChI=1S/C21H16ClF2N3O2S/c22-16-7-3-1-5-13(16)11-15-18(24)9-10-19-20(15)26-21(27-30(19,28)29)25-12-14-6-2-4-8-17(14)23/h1-10H,11-12H2,(H2,25,26,27). The lowest BCUT2D eigenvalue weighted by molar-refractivity contribution is 0.588. The summed E-state index contributed by atoms with van der Waals surface area (Å²) < 4.78 is 56.2. The fourth-order valence-corrected chi connectivity index (χ4v) is 4.53. The third-order valence-corrected chi connectivity index (χ3v) is 6.42. The van der Waals surface area contributed by atoms with Crippen molar-refractivity contribution >= 4 is 33.3 Å². The zero-order chi connectivity index (χ0) is 21.3. The minimum absolute atomic E-state index is 0.0811. The predicted molar refractivity (Wildman–Crippen MR) is 112 cm³/mol. The molecule has 5 nitrogen and oxygen atoms in total. The van der Waals surface area contributed by atoms with Gasteiger partial charge in [-0.1, -0.05) is 48.0 Å². The van der Waals surface area contributed by atoms with Crippen molar-refractivity contribution in [3.8, 4) is 0 Å². The van der Waals surface area contributed by atoms with Crippen LogP contribution in [-0.2, 0) is 23.0 Å². The number of halogens is 3. The fourth-order valence-electron chi connectivity index (χ4n) is 3.16. The number of hydrogen-bond donors (Lipinski definition) is 2. The molecule has 0 fully saturated rings. The number of aliphatic imine (C=N–C) groups is 1. The van der Waals surface area contributed by atoms with Crippen LogP contribution in [0.3, 0.4) is 0 Å². The smallest absolute Gasteiger partial charge is 0.266 e. The first-order chi connectivity index (χ1) is 14.3. The first kappa shape index (κ1) is 20.3. The van der Waals surface area contributed by atoms with Gasteiger partial charge < -0.3 is 5.32 Å². The van der Waals surface area contributed by atoms with Gasteiger partial charge in [-0.05, 0) is 29.8 Å². The molecule has 0 radical (unpaired) electrons. The van der Waals surface area contributed by atoms with Crippen molar-refractivity contribution in [3.63, 3.8) is 0 Å². The molecular weight excluding hydrogens is 432 g/mol. The van der Waals surface area contributed by atoms with Gasteiger partial charge in [0.25, 0.3) is 10.0 Å². The van der Waals surface area contributed by atoms with Crippen molar-refractivity contribution in [2.24, 2.45) is 4.99 Å². The normalized spacial score (nSPS) is 15.9. The molecule has 0 saturated carbocycles. The summed E-state index contributed by atoms with van der Waals surface area (Å²) in [5.74, 6) is -1.14. The average Bonchev–Trinajstić information content (AvgIpc) is 2.70. The molecule has 0 atom stereocenters. The highest BCUT2D eigenvalue weighted by molar-refractivity contribution is 7.90. The highest BCUT2D eigenvalue weighted by Crippen LogP contribution is 2.33. The molecule has 0 bridgehead atoms. The van der Waals surface area contributed by atoms with Gasteiger partial charge in [0.15, 0.2) is 0 Å². The van der Waals surface area contributed by atoms with E-state index in [1.165, 1.54) is 12.1 Å². The Hall–Kier alpha value is -2.97. The van der Waals surface area contributed by atoms with E-state index in [1.54, 1.807) is 42.5 Å². The number of benzene rings is 3. The number of nitrogens with zero attached hydrogens (tertiary/aromatic N) is 1. The molecule has 3 aromatic carbocycles. The maximum atomic E-state index is 14.7. The Labute approximate surface area is 177 Å². The summed E-state index contributed by atoms with van der Waals surface area (Å²) in [6, 6.07) is 15.3. The second kappa shape index (κ2) is 8.04. The number of guanidine groups is 1. The highest BCUT2D eigenvalue weighted by atomic mass is 35.5. The monoisotopic (exact) mass is 447 g/mol. The third-order valence-electron chi connectivity index (χ3n) is 4.67. The van der Waals surface area contributed by atoms with Crippen LogP contribution in [0.15, 0.2) is 70.6 Å². The fraction of sp³-hybridized carbons (Fsp3) is 0.0952. The van der Waals surface area contributed by atoms with Gasteiger partial charge in [-0.2, -0.15) is 0 Å². The van der Waals surface area contributed by atoms with Gasteiger partial charge in [0.05, 0.1) is 12.2 Å². The second-order valence-corrected chi connectivity index (χ2v) is 8.71. The van der Waals surface area contributed by atoms with Gasteiger partial charge >= 0.3 is 0 Å². The van der Waals surface area contributed by atoms with Crippen molar-refractivity contribution in [1.82, 2.24) is 4.72 Å². The lowest BCUT2D eigenvalue weighted by Gasteiger charge is -2.24. The average molecular weight is 448 g/mol. The molecule has 0 amide bonds. The van der Waals surface area contributed by atoms with Crippen LogP contribution in [0.4, 0.5) is 14.5 Å². The third kappa shape index (κ3) is 4.01.